The highest BCUT2D eigenvalue weighted by atomic mass is 19.1. The molecule has 14 heavy (non-hydrogen) atoms. The predicted octanol–water partition coefficient (Wildman–Crippen LogP) is 2.98. The SMILES string of the molecule is CC(C)C(=O)CCc1cccc(F)c1. The highest BCUT2D eigenvalue weighted by molar-refractivity contribution is 5.80. The number of Topliss-reactive ketones (excluding diaryl/α,β-unsaturated/α-hetero) is 1. The molecule has 0 radical (unpaired) electrons. The number of ketones is 1. The number of benzene rings is 1. The molecule has 1 aromatic carbocycles. The molecule has 0 aromatic heterocycles. The Labute approximate surface area is 83.9 Å². The van der Waals surface area contributed by atoms with E-state index < -0.39 is 0 Å². The van der Waals surface area contributed by atoms with Gasteiger partial charge in [0.2, 0.25) is 0 Å². The van der Waals surface area contributed by atoms with Gasteiger partial charge in [-0.1, -0.05) is 26.0 Å². The van der Waals surface area contributed by atoms with Gasteiger partial charge >= 0.3 is 0 Å². The van der Waals surface area contributed by atoms with E-state index in [0.717, 1.165) is 5.56 Å². The van der Waals surface area contributed by atoms with Crippen LogP contribution >= 0.6 is 0 Å². The van der Waals surface area contributed by atoms with Crippen LogP contribution in [0, 0.1) is 11.7 Å². The summed E-state index contributed by atoms with van der Waals surface area (Å²) >= 11 is 0. The predicted molar refractivity (Wildman–Crippen MR) is 54.6 cm³/mol. The van der Waals surface area contributed by atoms with Gasteiger partial charge in [0.05, 0.1) is 0 Å². The van der Waals surface area contributed by atoms with E-state index in [1.165, 1.54) is 12.1 Å². The summed E-state index contributed by atoms with van der Waals surface area (Å²) in [5.74, 6) is 0.0670. The molecule has 0 N–H and O–H groups in total. The molecule has 0 fully saturated rings. The van der Waals surface area contributed by atoms with Gasteiger partial charge in [-0.05, 0) is 24.1 Å². The normalized spacial score (nSPS) is 10.6. The van der Waals surface area contributed by atoms with Crippen LogP contribution in [0.5, 0.6) is 0 Å². The van der Waals surface area contributed by atoms with Crippen LogP contribution in [0.15, 0.2) is 24.3 Å². The maximum absolute atomic E-state index is 12.8. The van der Waals surface area contributed by atoms with E-state index in [1.807, 2.05) is 19.9 Å². The average molecular weight is 194 g/mol. The molecule has 0 heterocycles. The van der Waals surface area contributed by atoms with E-state index in [1.54, 1.807) is 6.07 Å². The Bertz CT molecular complexity index is 318. The number of carbonyl (C=O) groups excluding carboxylic acids is 1. The van der Waals surface area contributed by atoms with Gasteiger partial charge in [0, 0.05) is 12.3 Å². The molecule has 0 spiro atoms. The van der Waals surface area contributed by atoms with Crippen molar-refractivity contribution in [3.05, 3.63) is 35.6 Å². The zero-order valence-corrected chi connectivity index (χ0v) is 8.59. The fourth-order valence-corrected chi connectivity index (χ4v) is 1.25. The second-order valence-corrected chi connectivity index (χ2v) is 3.75. The molecule has 0 unspecified atom stereocenters. The lowest BCUT2D eigenvalue weighted by Crippen LogP contribution is -2.07. The summed E-state index contributed by atoms with van der Waals surface area (Å²) in [6.07, 6.45) is 1.13. The zero-order valence-electron chi connectivity index (χ0n) is 8.59. The summed E-state index contributed by atoms with van der Waals surface area (Å²) in [7, 11) is 0. The quantitative estimate of drug-likeness (QED) is 0.720. The minimum Gasteiger partial charge on any atom is -0.299 e. The van der Waals surface area contributed by atoms with Crippen molar-refractivity contribution in [2.75, 3.05) is 0 Å². The van der Waals surface area contributed by atoms with Gasteiger partial charge in [0.15, 0.2) is 0 Å². The lowest BCUT2D eigenvalue weighted by Gasteiger charge is -2.03. The van der Waals surface area contributed by atoms with Crippen molar-refractivity contribution < 1.29 is 9.18 Å². The van der Waals surface area contributed by atoms with Gasteiger partial charge in [-0.3, -0.25) is 4.79 Å². The van der Waals surface area contributed by atoms with Crippen LogP contribution in [0.2, 0.25) is 0 Å². The Hall–Kier alpha value is -1.18. The first kappa shape index (κ1) is 10.9. The summed E-state index contributed by atoms with van der Waals surface area (Å²) in [6, 6.07) is 6.41. The molecule has 2 heteroatoms. The monoisotopic (exact) mass is 194 g/mol. The molecule has 0 aliphatic rings. The van der Waals surface area contributed by atoms with Crippen molar-refractivity contribution >= 4 is 5.78 Å². The zero-order chi connectivity index (χ0) is 10.6. The molecule has 0 saturated heterocycles. The molecular formula is C12H15FO. The van der Waals surface area contributed by atoms with Gasteiger partial charge in [0.25, 0.3) is 0 Å². The molecular weight excluding hydrogens is 179 g/mol. The van der Waals surface area contributed by atoms with E-state index in [-0.39, 0.29) is 17.5 Å². The number of hydrogen-bond acceptors (Lipinski definition) is 1. The minimum absolute atomic E-state index is 0.0727. The molecule has 76 valence electrons. The maximum Gasteiger partial charge on any atom is 0.135 e. The van der Waals surface area contributed by atoms with Gasteiger partial charge in [-0.2, -0.15) is 0 Å². The largest absolute Gasteiger partial charge is 0.299 e. The smallest absolute Gasteiger partial charge is 0.135 e. The summed E-state index contributed by atoms with van der Waals surface area (Å²) < 4.78 is 12.8. The first-order chi connectivity index (χ1) is 6.59. The third-order valence-electron chi connectivity index (χ3n) is 2.19. The van der Waals surface area contributed by atoms with Crippen LogP contribution in [0.3, 0.4) is 0 Å². The van der Waals surface area contributed by atoms with Crippen LogP contribution in [0.4, 0.5) is 4.39 Å². The number of hydrogen-bond donors (Lipinski definition) is 0. The summed E-state index contributed by atoms with van der Waals surface area (Å²) in [6.45, 7) is 3.77. The molecule has 0 bridgehead atoms. The fraction of sp³-hybridized carbons (Fsp3) is 0.417. The van der Waals surface area contributed by atoms with Crippen LogP contribution in [0.1, 0.15) is 25.8 Å². The Kier molecular flexibility index (Phi) is 3.81. The summed E-state index contributed by atoms with van der Waals surface area (Å²) in [5, 5.41) is 0. The molecule has 0 atom stereocenters. The van der Waals surface area contributed by atoms with Gasteiger partial charge in [-0.25, -0.2) is 4.39 Å². The van der Waals surface area contributed by atoms with Gasteiger partial charge in [0.1, 0.15) is 11.6 Å². The van der Waals surface area contributed by atoms with E-state index in [4.69, 9.17) is 0 Å². The lowest BCUT2D eigenvalue weighted by molar-refractivity contribution is -0.121. The number of rotatable bonds is 4. The van der Waals surface area contributed by atoms with Crippen molar-refractivity contribution in [3.63, 3.8) is 0 Å². The minimum atomic E-state index is -0.237. The molecule has 0 amide bonds. The second-order valence-electron chi connectivity index (χ2n) is 3.75. The summed E-state index contributed by atoms with van der Waals surface area (Å²) in [5.41, 5.74) is 0.888. The lowest BCUT2D eigenvalue weighted by atomic mass is 10.0. The highest BCUT2D eigenvalue weighted by Gasteiger charge is 2.07. The Morgan fingerprint density at radius 2 is 2.14 bits per heavy atom. The molecule has 1 aromatic rings. The van der Waals surface area contributed by atoms with Crippen LogP contribution in [-0.4, -0.2) is 5.78 Å². The van der Waals surface area contributed by atoms with Crippen LogP contribution < -0.4 is 0 Å². The highest BCUT2D eigenvalue weighted by Crippen LogP contribution is 2.08. The maximum atomic E-state index is 12.8. The van der Waals surface area contributed by atoms with E-state index in [0.29, 0.717) is 12.8 Å². The molecule has 0 aliphatic carbocycles. The van der Waals surface area contributed by atoms with Crippen molar-refractivity contribution in [2.24, 2.45) is 5.92 Å². The van der Waals surface area contributed by atoms with E-state index in [2.05, 4.69) is 0 Å². The first-order valence-electron chi connectivity index (χ1n) is 4.86. The molecule has 0 aliphatic heterocycles. The second kappa shape index (κ2) is 4.89. The Morgan fingerprint density at radius 3 is 2.71 bits per heavy atom. The van der Waals surface area contributed by atoms with Crippen LogP contribution in [0.25, 0.3) is 0 Å². The third-order valence-corrected chi connectivity index (χ3v) is 2.19. The Balaban J connectivity index is 2.50. The topological polar surface area (TPSA) is 17.1 Å². The standard InChI is InChI=1S/C12H15FO/c1-9(2)12(14)7-6-10-4-3-5-11(13)8-10/h3-5,8-9H,6-7H2,1-2H3. The number of aryl methyl sites for hydroxylation is 1. The Morgan fingerprint density at radius 1 is 1.43 bits per heavy atom. The van der Waals surface area contributed by atoms with Gasteiger partial charge in [-0.15, -0.1) is 0 Å². The fourth-order valence-electron chi connectivity index (χ4n) is 1.25. The summed E-state index contributed by atoms with van der Waals surface area (Å²) in [4.78, 5) is 11.3. The first-order valence-corrected chi connectivity index (χ1v) is 4.86. The third kappa shape index (κ3) is 3.29. The number of halogens is 1. The van der Waals surface area contributed by atoms with Gasteiger partial charge < -0.3 is 0 Å². The van der Waals surface area contributed by atoms with Crippen LogP contribution in [-0.2, 0) is 11.2 Å². The van der Waals surface area contributed by atoms with Crippen molar-refractivity contribution in [1.82, 2.24) is 0 Å². The van der Waals surface area contributed by atoms with Crippen molar-refractivity contribution in [2.45, 2.75) is 26.7 Å². The molecule has 0 saturated carbocycles. The average Bonchev–Trinajstić information content (AvgIpc) is 2.14. The molecule has 1 rings (SSSR count). The van der Waals surface area contributed by atoms with Crippen molar-refractivity contribution in [3.8, 4) is 0 Å². The van der Waals surface area contributed by atoms with Crippen molar-refractivity contribution in [1.29, 1.82) is 0 Å². The van der Waals surface area contributed by atoms with E-state index >= 15 is 0 Å². The van der Waals surface area contributed by atoms with E-state index in [9.17, 15) is 9.18 Å². The molecule has 1 nitrogen and oxygen atoms in total. The number of carbonyl (C=O) groups is 1.